The van der Waals surface area contributed by atoms with E-state index in [1.807, 2.05) is 30.3 Å². The Bertz CT molecular complexity index is 562. The van der Waals surface area contributed by atoms with Gasteiger partial charge in [-0.3, -0.25) is 9.56 Å². The van der Waals surface area contributed by atoms with E-state index in [2.05, 4.69) is 20.3 Å². The van der Waals surface area contributed by atoms with Gasteiger partial charge in [-0.1, -0.05) is 0 Å². The van der Waals surface area contributed by atoms with E-state index in [4.69, 9.17) is 0 Å². The molecule has 80 valence electrons. The highest BCUT2D eigenvalue weighted by Gasteiger charge is 2.09. The van der Waals surface area contributed by atoms with Crippen LogP contribution in [0.15, 0.2) is 11.3 Å². The fraction of sp³-hybridized carbons (Fsp3) is 0.444. The number of hydrogen-bond donors (Lipinski definition) is 1. The van der Waals surface area contributed by atoms with Crippen LogP contribution in [0.4, 0.5) is 5.82 Å². The minimum absolute atomic E-state index is 0.658. The molecule has 0 aliphatic carbocycles. The standard InChI is InChI=1S/C9H14N6/c1-10-7-6-8(12-5-14(6)3)15(4)9(11-2)13-7/h5H,1-4H3,(H,10,11,13). The lowest BCUT2D eigenvalue weighted by molar-refractivity contribution is 0.803. The molecule has 0 spiro atoms. The Morgan fingerprint density at radius 1 is 1.40 bits per heavy atom. The molecule has 2 heterocycles. The van der Waals surface area contributed by atoms with Crippen molar-refractivity contribution in [3.8, 4) is 0 Å². The van der Waals surface area contributed by atoms with Crippen LogP contribution in [0.2, 0.25) is 0 Å². The van der Waals surface area contributed by atoms with Gasteiger partial charge in [0.15, 0.2) is 11.5 Å². The number of hydrogen-bond acceptors (Lipinski definition) is 4. The molecule has 0 fully saturated rings. The van der Waals surface area contributed by atoms with Crippen LogP contribution in [0.25, 0.3) is 11.2 Å². The van der Waals surface area contributed by atoms with Gasteiger partial charge in [0, 0.05) is 28.2 Å². The van der Waals surface area contributed by atoms with Gasteiger partial charge in [-0.25, -0.2) is 4.98 Å². The summed E-state index contributed by atoms with van der Waals surface area (Å²) < 4.78 is 3.81. The maximum atomic E-state index is 4.39. The summed E-state index contributed by atoms with van der Waals surface area (Å²) in [5, 5.41) is 3.05. The van der Waals surface area contributed by atoms with Crippen LogP contribution in [-0.2, 0) is 14.1 Å². The van der Waals surface area contributed by atoms with Gasteiger partial charge in [-0.05, 0) is 0 Å². The zero-order chi connectivity index (χ0) is 11.0. The molecule has 15 heavy (non-hydrogen) atoms. The molecule has 0 aromatic carbocycles. The highest BCUT2D eigenvalue weighted by Crippen LogP contribution is 2.15. The van der Waals surface area contributed by atoms with E-state index in [9.17, 15) is 0 Å². The number of rotatable bonds is 1. The highest BCUT2D eigenvalue weighted by molar-refractivity contribution is 5.83. The molecule has 0 aliphatic rings. The van der Waals surface area contributed by atoms with Gasteiger partial charge < -0.3 is 9.88 Å². The number of anilines is 1. The second kappa shape index (κ2) is 3.38. The largest absolute Gasteiger partial charge is 0.371 e. The SMILES string of the molecule is CN=c1nc(NC)c2c(ncn2C)n1C. The predicted octanol–water partition coefficient (Wildman–Crippen LogP) is -0.121. The molecule has 6 nitrogen and oxygen atoms in total. The van der Waals surface area contributed by atoms with Gasteiger partial charge in [-0.2, -0.15) is 4.98 Å². The average Bonchev–Trinajstić information content (AvgIpc) is 2.63. The minimum Gasteiger partial charge on any atom is -0.371 e. The van der Waals surface area contributed by atoms with E-state index in [0.717, 1.165) is 17.0 Å². The lowest BCUT2D eigenvalue weighted by Gasteiger charge is -2.06. The molecule has 0 saturated heterocycles. The lowest BCUT2D eigenvalue weighted by Crippen LogP contribution is -2.23. The predicted molar refractivity (Wildman–Crippen MR) is 58.5 cm³/mol. The summed E-state index contributed by atoms with van der Waals surface area (Å²) in [4.78, 5) is 12.8. The zero-order valence-electron chi connectivity index (χ0n) is 9.31. The smallest absolute Gasteiger partial charge is 0.227 e. The lowest BCUT2D eigenvalue weighted by atomic mass is 10.4. The van der Waals surface area contributed by atoms with Gasteiger partial charge >= 0.3 is 0 Å². The molecular formula is C9H14N6. The van der Waals surface area contributed by atoms with Crippen molar-refractivity contribution < 1.29 is 0 Å². The van der Waals surface area contributed by atoms with Gasteiger partial charge in [0.1, 0.15) is 5.52 Å². The monoisotopic (exact) mass is 206 g/mol. The molecule has 0 atom stereocenters. The Kier molecular flexibility index (Phi) is 2.18. The maximum absolute atomic E-state index is 4.39. The quantitative estimate of drug-likeness (QED) is 0.707. The van der Waals surface area contributed by atoms with E-state index in [1.165, 1.54) is 0 Å². The van der Waals surface area contributed by atoms with Crippen molar-refractivity contribution in [1.29, 1.82) is 0 Å². The number of imidazole rings is 1. The zero-order valence-corrected chi connectivity index (χ0v) is 9.31. The molecule has 0 saturated carbocycles. The molecule has 0 aliphatic heterocycles. The Balaban J connectivity index is 2.99. The fourth-order valence-electron chi connectivity index (χ4n) is 1.63. The number of fused-ring (bicyclic) bond motifs is 1. The first-order valence-corrected chi connectivity index (χ1v) is 4.67. The first-order chi connectivity index (χ1) is 7.19. The fourth-order valence-corrected chi connectivity index (χ4v) is 1.63. The third-order valence-electron chi connectivity index (χ3n) is 2.41. The number of nitrogens with one attached hydrogen (secondary N) is 1. The summed E-state index contributed by atoms with van der Waals surface area (Å²) in [6.07, 6.45) is 1.77. The van der Waals surface area contributed by atoms with Crippen LogP contribution in [0.1, 0.15) is 0 Å². The number of aryl methyl sites for hydroxylation is 2. The van der Waals surface area contributed by atoms with Gasteiger partial charge in [-0.15, -0.1) is 0 Å². The summed E-state index contributed by atoms with van der Waals surface area (Å²) in [5.74, 6) is 0.795. The second-order valence-corrected chi connectivity index (χ2v) is 3.32. The Hall–Kier alpha value is -1.85. The average molecular weight is 206 g/mol. The molecule has 2 aromatic heterocycles. The molecular weight excluding hydrogens is 192 g/mol. The van der Waals surface area contributed by atoms with E-state index in [0.29, 0.717) is 5.62 Å². The molecule has 2 aromatic rings. The Morgan fingerprint density at radius 3 is 2.73 bits per heavy atom. The van der Waals surface area contributed by atoms with Crippen LogP contribution in [0.3, 0.4) is 0 Å². The van der Waals surface area contributed by atoms with Crippen LogP contribution < -0.4 is 10.9 Å². The molecule has 0 bridgehead atoms. The van der Waals surface area contributed by atoms with Crippen molar-refractivity contribution in [2.75, 3.05) is 19.4 Å². The van der Waals surface area contributed by atoms with Crippen LogP contribution >= 0.6 is 0 Å². The maximum Gasteiger partial charge on any atom is 0.227 e. The normalized spacial score (nSPS) is 12.4. The van der Waals surface area contributed by atoms with Crippen molar-refractivity contribution in [2.45, 2.75) is 0 Å². The summed E-state index contributed by atoms with van der Waals surface area (Å²) in [6.45, 7) is 0. The first kappa shape index (κ1) is 9.70. The molecule has 0 amide bonds. The van der Waals surface area contributed by atoms with Gasteiger partial charge in [0.05, 0.1) is 6.33 Å². The van der Waals surface area contributed by atoms with Crippen molar-refractivity contribution in [1.82, 2.24) is 19.1 Å². The van der Waals surface area contributed by atoms with Crippen LogP contribution in [0.5, 0.6) is 0 Å². The van der Waals surface area contributed by atoms with Crippen molar-refractivity contribution in [3.63, 3.8) is 0 Å². The van der Waals surface area contributed by atoms with E-state index in [1.54, 1.807) is 13.4 Å². The molecule has 0 unspecified atom stereocenters. The van der Waals surface area contributed by atoms with Gasteiger partial charge in [0.2, 0.25) is 5.62 Å². The Morgan fingerprint density at radius 2 is 2.13 bits per heavy atom. The van der Waals surface area contributed by atoms with Crippen molar-refractivity contribution in [2.24, 2.45) is 19.1 Å². The Labute approximate surface area is 87.3 Å². The van der Waals surface area contributed by atoms with E-state index < -0.39 is 0 Å². The van der Waals surface area contributed by atoms with E-state index >= 15 is 0 Å². The summed E-state index contributed by atoms with van der Waals surface area (Å²) in [7, 11) is 7.41. The molecule has 1 N–H and O–H groups in total. The highest BCUT2D eigenvalue weighted by atomic mass is 15.2. The van der Waals surface area contributed by atoms with Crippen molar-refractivity contribution in [3.05, 3.63) is 11.9 Å². The second-order valence-electron chi connectivity index (χ2n) is 3.32. The molecule has 2 rings (SSSR count). The van der Waals surface area contributed by atoms with Crippen LogP contribution in [0, 0.1) is 0 Å². The summed E-state index contributed by atoms with van der Waals surface area (Å²) >= 11 is 0. The van der Waals surface area contributed by atoms with E-state index in [-0.39, 0.29) is 0 Å². The first-order valence-electron chi connectivity index (χ1n) is 4.67. The molecule has 6 heteroatoms. The third kappa shape index (κ3) is 1.29. The molecule has 0 radical (unpaired) electrons. The topological polar surface area (TPSA) is 60.0 Å². The van der Waals surface area contributed by atoms with Crippen LogP contribution in [-0.4, -0.2) is 33.2 Å². The number of nitrogens with zero attached hydrogens (tertiary/aromatic N) is 5. The minimum atomic E-state index is 0.658. The summed E-state index contributed by atoms with van der Waals surface area (Å²) in [6, 6.07) is 0. The van der Waals surface area contributed by atoms with Gasteiger partial charge in [0.25, 0.3) is 0 Å². The summed E-state index contributed by atoms with van der Waals surface area (Å²) in [5.41, 5.74) is 2.51. The van der Waals surface area contributed by atoms with Crippen molar-refractivity contribution >= 4 is 17.0 Å². The third-order valence-corrected chi connectivity index (χ3v) is 2.41. The number of aromatic nitrogens is 4.